The van der Waals surface area contributed by atoms with Crippen molar-refractivity contribution in [1.29, 1.82) is 0 Å². The number of alkyl halides is 3. The molecule has 3 N–H and O–H groups in total. The maximum absolute atomic E-state index is 12.8. The van der Waals surface area contributed by atoms with Crippen molar-refractivity contribution in [3.63, 3.8) is 0 Å². The standard InChI is InChI=1S/C17H16F3N3O2S/c1-23-6-5-11-12(8-23)26-16(13(11)14(21)24)22-15(25)9-3-2-4-10(7-9)17(18,19)20/h2-4,7H,5-6,8H2,1H3,(H2,21,24)(H,22,25). The van der Waals surface area contributed by atoms with Gasteiger partial charge in [0, 0.05) is 23.5 Å². The molecule has 0 spiro atoms. The number of thiophene rings is 1. The van der Waals surface area contributed by atoms with Gasteiger partial charge in [-0.1, -0.05) is 6.07 Å². The van der Waals surface area contributed by atoms with E-state index in [2.05, 4.69) is 10.2 Å². The fourth-order valence-electron chi connectivity index (χ4n) is 2.89. The Morgan fingerprint density at radius 1 is 1.31 bits per heavy atom. The topological polar surface area (TPSA) is 75.4 Å². The third kappa shape index (κ3) is 3.58. The second kappa shape index (κ2) is 6.73. The van der Waals surface area contributed by atoms with Gasteiger partial charge in [-0.15, -0.1) is 11.3 Å². The highest BCUT2D eigenvalue weighted by atomic mass is 32.1. The molecule has 1 aliphatic heterocycles. The molecule has 3 rings (SSSR count). The third-order valence-corrected chi connectivity index (χ3v) is 5.31. The number of anilines is 1. The number of primary amides is 1. The monoisotopic (exact) mass is 383 g/mol. The molecule has 0 fully saturated rings. The first kappa shape index (κ1) is 18.4. The summed E-state index contributed by atoms with van der Waals surface area (Å²) in [5.41, 5.74) is 5.47. The Kier molecular flexibility index (Phi) is 4.76. The van der Waals surface area contributed by atoms with Crippen LogP contribution in [0.1, 0.15) is 36.7 Å². The Morgan fingerprint density at radius 2 is 2.04 bits per heavy atom. The van der Waals surface area contributed by atoms with Crippen molar-refractivity contribution >= 4 is 28.2 Å². The van der Waals surface area contributed by atoms with Gasteiger partial charge in [-0.2, -0.15) is 13.2 Å². The number of likely N-dealkylation sites (N-methyl/N-ethyl adjacent to an activating group) is 1. The van der Waals surface area contributed by atoms with E-state index in [1.807, 2.05) is 7.05 Å². The van der Waals surface area contributed by atoms with E-state index >= 15 is 0 Å². The molecule has 1 aromatic heterocycles. The lowest BCUT2D eigenvalue weighted by Crippen LogP contribution is -2.27. The van der Waals surface area contributed by atoms with Crippen molar-refractivity contribution in [2.45, 2.75) is 19.1 Å². The summed E-state index contributed by atoms with van der Waals surface area (Å²) in [5.74, 6) is -1.38. The predicted molar refractivity (Wildman–Crippen MR) is 92.3 cm³/mol. The van der Waals surface area contributed by atoms with Gasteiger partial charge in [0.15, 0.2) is 0 Å². The average molecular weight is 383 g/mol. The van der Waals surface area contributed by atoms with Crippen LogP contribution < -0.4 is 11.1 Å². The largest absolute Gasteiger partial charge is 0.416 e. The van der Waals surface area contributed by atoms with Gasteiger partial charge in [0.1, 0.15) is 5.00 Å². The number of nitrogens with two attached hydrogens (primary N) is 1. The fraction of sp³-hybridized carbons (Fsp3) is 0.294. The molecule has 2 aromatic rings. The quantitative estimate of drug-likeness (QED) is 0.855. The summed E-state index contributed by atoms with van der Waals surface area (Å²) in [6, 6.07) is 4.13. The first-order chi connectivity index (χ1) is 12.2. The van der Waals surface area contributed by atoms with Crippen molar-refractivity contribution in [1.82, 2.24) is 4.90 Å². The van der Waals surface area contributed by atoms with E-state index in [0.717, 1.165) is 29.1 Å². The van der Waals surface area contributed by atoms with E-state index in [1.54, 1.807) is 0 Å². The summed E-state index contributed by atoms with van der Waals surface area (Å²) in [7, 11) is 1.94. The molecule has 9 heteroatoms. The van der Waals surface area contributed by atoms with Crippen LogP contribution in [0.15, 0.2) is 24.3 Å². The van der Waals surface area contributed by atoms with Gasteiger partial charge in [0.25, 0.3) is 11.8 Å². The molecule has 0 radical (unpaired) electrons. The first-order valence-electron chi connectivity index (χ1n) is 7.78. The van der Waals surface area contributed by atoms with E-state index in [9.17, 15) is 22.8 Å². The van der Waals surface area contributed by atoms with Crippen LogP contribution in [0.25, 0.3) is 0 Å². The lowest BCUT2D eigenvalue weighted by atomic mass is 10.0. The summed E-state index contributed by atoms with van der Waals surface area (Å²) in [6.45, 7) is 1.38. The van der Waals surface area contributed by atoms with Gasteiger partial charge in [0.2, 0.25) is 0 Å². The Hall–Kier alpha value is -2.39. The third-order valence-electron chi connectivity index (χ3n) is 4.17. The number of halogens is 3. The number of nitrogens with one attached hydrogen (secondary N) is 1. The van der Waals surface area contributed by atoms with Crippen LogP contribution in [0.2, 0.25) is 0 Å². The molecule has 0 unspecified atom stereocenters. The summed E-state index contributed by atoms with van der Waals surface area (Å²) in [6.07, 6.45) is -3.92. The van der Waals surface area contributed by atoms with Gasteiger partial charge in [0.05, 0.1) is 11.1 Å². The van der Waals surface area contributed by atoms with Gasteiger partial charge in [-0.3, -0.25) is 9.59 Å². The smallest absolute Gasteiger partial charge is 0.365 e. The summed E-state index contributed by atoms with van der Waals surface area (Å²) in [4.78, 5) is 27.3. The summed E-state index contributed by atoms with van der Waals surface area (Å²) in [5, 5.41) is 2.83. The lowest BCUT2D eigenvalue weighted by Gasteiger charge is -2.22. The van der Waals surface area contributed by atoms with Crippen molar-refractivity contribution in [3.05, 3.63) is 51.4 Å². The number of nitrogens with zero attached hydrogens (tertiary/aromatic N) is 1. The van der Waals surface area contributed by atoms with Crippen LogP contribution in [0.3, 0.4) is 0 Å². The number of benzene rings is 1. The fourth-order valence-corrected chi connectivity index (χ4v) is 4.22. The van der Waals surface area contributed by atoms with Crippen molar-refractivity contribution in [2.24, 2.45) is 5.73 Å². The van der Waals surface area contributed by atoms with E-state index in [-0.39, 0.29) is 16.1 Å². The highest BCUT2D eigenvalue weighted by molar-refractivity contribution is 7.17. The van der Waals surface area contributed by atoms with Gasteiger partial charge in [-0.25, -0.2) is 0 Å². The molecule has 0 bridgehead atoms. The van der Waals surface area contributed by atoms with Crippen LogP contribution in [0.5, 0.6) is 0 Å². The molecule has 0 saturated carbocycles. The first-order valence-corrected chi connectivity index (χ1v) is 8.60. The maximum Gasteiger partial charge on any atom is 0.416 e. The van der Waals surface area contributed by atoms with E-state index < -0.39 is 23.6 Å². The predicted octanol–water partition coefficient (Wildman–Crippen LogP) is 3.11. The van der Waals surface area contributed by atoms with Crippen LogP contribution in [-0.2, 0) is 19.1 Å². The SMILES string of the molecule is CN1CCc2c(sc(NC(=O)c3cccc(C(F)(F)F)c3)c2C(N)=O)C1. The zero-order chi connectivity index (χ0) is 19.1. The molecule has 1 aromatic carbocycles. The van der Waals surface area contributed by atoms with Gasteiger partial charge in [-0.05, 0) is 37.2 Å². The molecule has 2 heterocycles. The van der Waals surface area contributed by atoms with Gasteiger partial charge >= 0.3 is 6.18 Å². The van der Waals surface area contributed by atoms with Crippen LogP contribution in [0, 0.1) is 0 Å². The number of amides is 2. The minimum absolute atomic E-state index is 0.140. The lowest BCUT2D eigenvalue weighted by molar-refractivity contribution is -0.137. The molecule has 0 saturated heterocycles. The summed E-state index contributed by atoms with van der Waals surface area (Å²) < 4.78 is 38.5. The minimum Gasteiger partial charge on any atom is -0.365 e. The molecular formula is C17H16F3N3O2S. The molecule has 26 heavy (non-hydrogen) atoms. The normalized spacial score (nSPS) is 14.8. The van der Waals surface area contributed by atoms with Crippen molar-refractivity contribution in [3.8, 4) is 0 Å². The molecule has 2 amide bonds. The van der Waals surface area contributed by atoms with Crippen LogP contribution in [0.4, 0.5) is 18.2 Å². The highest BCUT2D eigenvalue weighted by Crippen LogP contribution is 2.37. The minimum atomic E-state index is -4.54. The number of carbonyl (C=O) groups is 2. The number of hydrogen-bond acceptors (Lipinski definition) is 4. The van der Waals surface area contributed by atoms with E-state index in [0.29, 0.717) is 13.0 Å². The molecule has 138 valence electrons. The Labute approximate surface area is 151 Å². The average Bonchev–Trinajstić information content (AvgIpc) is 2.91. The Morgan fingerprint density at radius 3 is 2.69 bits per heavy atom. The molecule has 0 aliphatic carbocycles. The van der Waals surface area contributed by atoms with Crippen molar-refractivity contribution < 1.29 is 22.8 Å². The second-order valence-electron chi connectivity index (χ2n) is 6.09. The maximum atomic E-state index is 12.8. The Balaban J connectivity index is 1.92. The number of hydrogen-bond donors (Lipinski definition) is 2. The van der Waals surface area contributed by atoms with Crippen LogP contribution in [-0.4, -0.2) is 30.3 Å². The molecule has 1 aliphatic rings. The van der Waals surface area contributed by atoms with E-state index in [4.69, 9.17) is 5.73 Å². The molecular weight excluding hydrogens is 367 g/mol. The number of fused-ring (bicyclic) bond motifs is 1. The Bertz CT molecular complexity index is 877. The number of carbonyl (C=O) groups excluding carboxylic acids is 2. The zero-order valence-corrected chi connectivity index (χ0v) is 14.6. The number of rotatable bonds is 3. The van der Waals surface area contributed by atoms with Gasteiger partial charge < -0.3 is 16.0 Å². The second-order valence-corrected chi connectivity index (χ2v) is 7.20. The van der Waals surface area contributed by atoms with Crippen molar-refractivity contribution in [2.75, 3.05) is 18.9 Å². The van der Waals surface area contributed by atoms with Crippen LogP contribution >= 0.6 is 11.3 Å². The molecule has 0 atom stereocenters. The highest BCUT2D eigenvalue weighted by Gasteiger charge is 2.31. The molecule has 5 nitrogen and oxygen atoms in total. The van der Waals surface area contributed by atoms with E-state index in [1.165, 1.54) is 23.5 Å². The summed E-state index contributed by atoms with van der Waals surface area (Å²) >= 11 is 1.23. The zero-order valence-electron chi connectivity index (χ0n) is 13.8.